The fourth-order valence-electron chi connectivity index (χ4n) is 2.37. The monoisotopic (exact) mass is 254 g/mol. The minimum atomic E-state index is 0.267. The molecule has 0 aliphatic heterocycles. The SMILES string of the molecule is COc1ccc(NCC2(CCl)CCCC2)nc1. The Bertz CT molecular complexity index is 347. The van der Waals surface area contributed by atoms with Crippen LogP contribution in [0.2, 0.25) is 0 Å². The highest BCUT2D eigenvalue weighted by Gasteiger charge is 2.32. The third-order valence-corrected chi connectivity index (χ3v) is 4.13. The molecule has 3 nitrogen and oxygen atoms in total. The second kappa shape index (κ2) is 5.58. The number of halogens is 1. The Hall–Kier alpha value is -0.960. The van der Waals surface area contributed by atoms with E-state index in [-0.39, 0.29) is 5.41 Å². The van der Waals surface area contributed by atoms with Crippen LogP contribution in [0.3, 0.4) is 0 Å². The molecule has 1 aliphatic rings. The fourth-order valence-corrected chi connectivity index (χ4v) is 2.73. The molecule has 1 saturated carbocycles. The number of rotatable bonds is 5. The lowest BCUT2D eigenvalue weighted by atomic mass is 9.88. The van der Waals surface area contributed by atoms with Gasteiger partial charge in [-0.25, -0.2) is 4.98 Å². The summed E-state index contributed by atoms with van der Waals surface area (Å²) in [6.07, 6.45) is 6.76. The Morgan fingerprint density at radius 1 is 1.41 bits per heavy atom. The van der Waals surface area contributed by atoms with Crippen molar-refractivity contribution in [2.75, 3.05) is 24.9 Å². The summed E-state index contributed by atoms with van der Waals surface area (Å²) in [7, 11) is 1.64. The number of methoxy groups -OCH3 is 1. The topological polar surface area (TPSA) is 34.1 Å². The van der Waals surface area contributed by atoms with Gasteiger partial charge >= 0.3 is 0 Å². The lowest BCUT2D eigenvalue weighted by molar-refractivity contribution is 0.368. The van der Waals surface area contributed by atoms with Crippen LogP contribution in [0.5, 0.6) is 5.75 Å². The van der Waals surface area contributed by atoms with Crippen molar-refractivity contribution in [2.24, 2.45) is 5.41 Å². The maximum Gasteiger partial charge on any atom is 0.137 e. The molecule has 1 fully saturated rings. The lowest BCUT2D eigenvalue weighted by Crippen LogP contribution is -2.28. The molecule has 1 N–H and O–H groups in total. The Morgan fingerprint density at radius 3 is 2.71 bits per heavy atom. The highest BCUT2D eigenvalue weighted by atomic mass is 35.5. The smallest absolute Gasteiger partial charge is 0.137 e. The van der Waals surface area contributed by atoms with Crippen LogP contribution in [0.4, 0.5) is 5.82 Å². The molecule has 1 aromatic rings. The maximum absolute atomic E-state index is 6.10. The number of ether oxygens (including phenoxy) is 1. The predicted molar refractivity (Wildman–Crippen MR) is 70.9 cm³/mol. The number of pyridine rings is 1. The van der Waals surface area contributed by atoms with E-state index in [1.165, 1.54) is 25.7 Å². The van der Waals surface area contributed by atoms with Crippen molar-refractivity contribution in [3.8, 4) is 5.75 Å². The summed E-state index contributed by atoms with van der Waals surface area (Å²) < 4.78 is 5.08. The second-order valence-electron chi connectivity index (χ2n) is 4.78. The normalized spacial score (nSPS) is 18.0. The molecule has 1 heterocycles. The molecular weight excluding hydrogens is 236 g/mol. The Labute approximate surface area is 108 Å². The van der Waals surface area contributed by atoms with Gasteiger partial charge in [-0.2, -0.15) is 0 Å². The van der Waals surface area contributed by atoms with Crippen molar-refractivity contribution in [1.29, 1.82) is 0 Å². The van der Waals surface area contributed by atoms with Crippen molar-refractivity contribution in [3.63, 3.8) is 0 Å². The van der Waals surface area contributed by atoms with Gasteiger partial charge < -0.3 is 10.1 Å². The predicted octanol–water partition coefficient (Wildman–Crippen LogP) is 3.30. The van der Waals surface area contributed by atoms with Crippen LogP contribution in [-0.4, -0.2) is 24.5 Å². The van der Waals surface area contributed by atoms with E-state index in [9.17, 15) is 0 Å². The minimum absolute atomic E-state index is 0.267. The summed E-state index contributed by atoms with van der Waals surface area (Å²) in [5.74, 6) is 2.40. The molecule has 0 bridgehead atoms. The number of aromatic nitrogens is 1. The fraction of sp³-hybridized carbons (Fsp3) is 0.615. The summed E-state index contributed by atoms with van der Waals surface area (Å²) in [5, 5.41) is 3.38. The van der Waals surface area contributed by atoms with E-state index < -0.39 is 0 Å². The van der Waals surface area contributed by atoms with Gasteiger partial charge in [-0.3, -0.25) is 0 Å². The molecule has 94 valence electrons. The largest absolute Gasteiger partial charge is 0.495 e. The van der Waals surface area contributed by atoms with E-state index >= 15 is 0 Å². The third-order valence-electron chi connectivity index (χ3n) is 3.56. The molecule has 0 atom stereocenters. The van der Waals surface area contributed by atoms with Crippen molar-refractivity contribution >= 4 is 17.4 Å². The van der Waals surface area contributed by atoms with Gasteiger partial charge in [-0.15, -0.1) is 11.6 Å². The zero-order valence-electron chi connectivity index (χ0n) is 10.2. The van der Waals surface area contributed by atoms with Crippen molar-refractivity contribution in [2.45, 2.75) is 25.7 Å². The van der Waals surface area contributed by atoms with Crippen molar-refractivity contribution < 1.29 is 4.74 Å². The van der Waals surface area contributed by atoms with Gasteiger partial charge in [0.2, 0.25) is 0 Å². The quantitative estimate of drug-likeness (QED) is 0.819. The molecule has 0 saturated heterocycles. The maximum atomic E-state index is 6.10. The summed E-state index contributed by atoms with van der Waals surface area (Å²) in [6, 6.07) is 3.85. The average molecular weight is 255 g/mol. The third kappa shape index (κ3) is 3.03. The van der Waals surface area contributed by atoms with Crippen LogP contribution in [0.1, 0.15) is 25.7 Å². The Balaban J connectivity index is 1.92. The molecule has 0 radical (unpaired) electrons. The molecule has 1 aromatic heterocycles. The second-order valence-corrected chi connectivity index (χ2v) is 5.04. The van der Waals surface area contributed by atoms with Crippen molar-refractivity contribution in [3.05, 3.63) is 18.3 Å². The first-order valence-electron chi connectivity index (χ1n) is 6.08. The molecule has 17 heavy (non-hydrogen) atoms. The molecule has 4 heteroatoms. The molecule has 0 aromatic carbocycles. The first-order valence-corrected chi connectivity index (χ1v) is 6.61. The van der Waals surface area contributed by atoms with Crippen LogP contribution in [0, 0.1) is 5.41 Å². The molecule has 1 aliphatic carbocycles. The summed E-state index contributed by atoms with van der Waals surface area (Å²) >= 11 is 6.10. The van der Waals surface area contributed by atoms with Gasteiger partial charge in [0.05, 0.1) is 13.3 Å². The number of nitrogens with one attached hydrogen (secondary N) is 1. The van der Waals surface area contributed by atoms with Crippen LogP contribution in [0.25, 0.3) is 0 Å². The highest BCUT2D eigenvalue weighted by molar-refractivity contribution is 6.18. The van der Waals surface area contributed by atoms with Crippen LogP contribution < -0.4 is 10.1 Å². The summed E-state index contributed by atoms with van der Waals surface area (Å²) in [4.78, 5) is 4.30. The Kier molecular flexibility index (Phi) is 4.11. The van der Waals surface area contributed by atoms with E-state index in [4.69, 9.17) is 16.3 Å². The molecule has 2 rings (SSSR count). The van der Waals surface area contributed by atoms with Gasteiger partial charge in [0.15, 0.2) is 0 Å². The standard InChI is InChI=1S/C13H19ClN2O/c1-17-11-4-5-12(15-8-11)16-10-13(9-14)6-2-3-7-13/h4-5,8H,2-3,6-7,9-10H2,1H3,(H,15,16). The van der Waals surface area contributed by atoms with Gasteiger partial charge in [0, 0.05) is 17.8 Å². The van der Waals surface area contributed by atoms with Gasteiger partial charge in [-0.05, 0) is 25.0 Å². The number of alkyl halides is 1. The van der Waals surface area contributed by atoms with Gasteiger partial charge in [0.25, 0.3) is 0 Å². The van der Waals surface area contributed by atoms with Crippen LogP contribution in [0.15, 0.2) is 18.3 Å². The number of nitrogens with zero attached hydrogens (tertiary/aromatic N) is 1. The first-order chi connectivity index (χ1) is 8.28. The minimum Gasteiger partial charge on any atom is -0.495 e. The first kappa shape index (κ1) is 12.5. The molecular formula is C13H19ClN2O. The zero-order chi connectivity index (χ0) is 12.1. The van der Waals surface area contributed by atoms with Crippen molar-refractivity contribution in [1.82, 2.24) is 4.98 Å². The van der Waals surface area contributed by atoms with E-state index in [2.05, 4.69) is 10.3 Å². The lowest BCUT2D eigenvalue weighted by Gasteiger charge is -2.26. The Morgan fingerprint density at radius 2 is 2.18 bits per heavy atom. The molecule has 0 amide bonds. The number of anilines is 1. The van der Waals surface area contributed by atoms with E-state index in [1.54, 1.807) is 13.3 Å². The average Bonchev–Trinajstić information content (AvgIpc) is 2.86. The van der Waals surface area contributed by atoms with E-state index in [0.29, 0.717) is 0 Å². The van der Waals surface area contributed by atoms with Gasteiger partial charge in [0.1, 0.15) is 11.6 Å². The van der Waals surface area contributed by atoms with E-state index in [0.717, 1.165) is 24.0 Å². The zero-order valence-corrected chi connectivity index (χ0v) is 11.0. The molecule has 0 unspecified atom stereocenters. The van der Waals surface area contributed by atoms with Crippen LogP contribution >= 0.6 is 11.6 Å². The van der Waals surface area contributed by atoms with Crippen LogP contribution in [-0.2, 0) is 0 Å². The molecule has 0 spiro atoms. The van der Waals surface area contributed by atoms with E-state index in [1.807, 2.05) is 12.1 Å². The summed E-state index contributed by atoms with van der Waals surface area (Å²) in [6.45, 7) is 0.913. The number of hydrogen-bond donors (Lipinski definition) is 1. The van der Waals surface area contributed by atoms with Gasteiger partial charge in [-0.1, -0.05) is 12.8 Å². The highest BCUT2D eigenvalue weighted by Crippen LogP contribution is 2.39. The number of hydrogen-bond acceptors (Lipinski definition) is 3. The summed E-state index contributed by atoms with van der Waals surface area (Å²) in [5.41, 5.74) is 0.267.